The molecule has 0 aliphatic heterocycles. The van der Waals surface area contributed by atoms with Crippen LogP contribution in [0.25, 0.3) is 0 Å². The summed E-state index contributed by atoms with van der Waals surface area (Å²) < 4.78 is 0. The van der Waals surface area contributed by atoms with E-state index in [0.717, 1.165) is 59.4 Å². The third kappa shape index (κ3) is 9.15. The van der Waals surface area contributed by atoms with Crippen molar-refractivity contribution in [3.05, 3.63) is 57.6 Å². The number of hydrogen-bond acceptors (Lipinski definition) is 4. The summed E-state index contributed by atoms with van der Waals surface area (Å²) >= 11 is 0. The largest absolute Gasteiger partial charge is 0.507 e. The van der Waals surface area contributed by atoms with E-state index in [-0.39, 0.29) is 21.7 Å². The standard InChI is InChI=1S/C34H54O2S2/c1-31(2,3)25-19-23(20-26(29(25)35)32(4,5)6)15-13-17-37-38-18-14-16-24-21-27(33(7,8)9)30(36)28(22-24)34(10,11)12/h19-22,35-36H,13-18H2,1-12H3. The molecule has 0 heterocycles. The molecular weight excluding hydrogens is 505 g/mol. The highest BCUT2D eigenvalue weighted by atomic mass is 33.1. The first kappa shape index (κ1) is 32.9. The number of phenols is 2. The highest BCUT2D eigenvalue weighted by Gasteiger charge is 2.27. The Kier molecular flexibility index (Phi) is 10.8. The van der Waals surface area contributed by atoms with Crippen molar-refractivity contribution >= 4 is 21.6 Å². The van der Waals surface area contributed by atoms with Gasteiger partial charge in [-0.1, -0.05) is 129 Å². The van der Waals surface area contributed by atoms with E-state index in [1.165, 1.54) is 11.1 Å². The summed E-state index contributed by atoms with van der Waals surface area (Å²) in [6.45, 7) is 26.1. The van der Waals surface area contributed by atoms with Crippen molar-refractivity contribution in [3.8, 4) is 11.5 Å². The van der Waals surface area contributed by atoms with Crippen molar-refractivity contribution in [3.63, 3.8) is 0 Å². The maximum atomic E-state index is 11.0. The van der Waals surface area contributed by atoms with Crippen LogP contribution in [0.3, 0.4) is 0 Å². The summed E-state index contributed by atoms with van der Waals surface area (Å²) in [4.78, 5) is 0. The van der Waals surface area contributed by atoms with Crippen LogP contribution < -0.4 is 0 Å². The molecule has 0 unspecified atom stereocenters. The third-order valence-corrected chi connectivity index (χ3v) is 9.62. The van der Waals surface area contributed by atoms with Gasteiger partial charge < -0.3 is 10.2 Å². The van der Waals surface area contributed by atoms with Gasteiger partial charge in [0.2, 0.25) is 0 Å². The van der Waals surface area contributed by atoms with Crippen molar-refractivity contribution in [1.29, 1.82) is 0 Å². The van der Waals surface area contributed by atoms with Crippen LogP contribution in [-0.4, -0.2) is 21.7 Å². The Morgan fingerprint density at radius 3 is 0.921 bits per heavy atom. The van der Waals surface area contributed by atoms with Crippen LogP contribution in [0.5, 0.6) is 11.5 Å². The van der Waals surface area contributed by atoms with Gasteiger partial charge in [-0.15, -0.1) is 0 Å². The van der Waals surface area contributed by atoms with Crippen LogP contribution in [-0.2, 0) is 34.5 Å². The molecular formula is C34H54O2S2. The molecule has 0 aliphatic rings. The number of rotatable bonds is 9. The first-order valence-electron chi connectivity index (χ1n) is 14.2. The van der Waals surface area contributed by atoms with Crippen LogP contribution in [0.1, 0.15) is 129 Å². The summed E-state index contributed by atoms with van der Waals surface area (Å²) in [5, 5.41) is 21.9. The van der Waals surface area contributed by atoms with Crippen LogP contribution >= 0.6 is 21.6 Å². The topological polar surface area (TPSA) is 40.5 Å². The molecule has 0 radical (unpaired) electrons. The van der Waals surface area contributed by atoms with Gasteiger partial charge in [-0.2, -0.15) is 0 Å². The Balaban J connectivity index is 1.91. The fourth-order valence-corrected chi connectivity index (χ4v) is 6.93. The van der Waals surface area contributed by atoms with E-state index in [1.807, 2.05) is 21.6 Å². The molecule has 0 atom stereocenters. The first-order chi connectivity index (χ1) is 17.2. The highest BCUT2D eigenvalue weighted by molar-refractivity contribution is 8.76. The molecule has 0 amide bonds. The van der Waals surface area contributed by atoms with Crippen LogP contribution in [0.2, 0.25) is 0 Å². The SMILES string of the molecule is CC(C)(C)c1cc(CCCSSCCCc2cc(C(C)(C)C)c(O)c(C(C)(C)C)c2)cc(C(C)(C)C)c1O. The molecule has 0 bridgehead atoms. The van der Waals surface area contributed by atoms with E-state index in [4.69, 9.17) is 0 Å². The fraction of sp³-hybridized carbons (Fsp3) is 0.647. The molecule has 4 heteroatoms. The molecule has 0 aromatic heterocycles. The maximum absolute atomic E-state index is 11.0. The highest BCUT2D eigenvalue weighted by Crippen LogP contribution is 2.41. The minimum absolute atomic E-state index is 0.0799. The van der Waals surface area contributed by atoms with Crippen molar-refractivity contribution in [2.75, 3.05) is 11.5 Å². The molecule has 0 saturated carbocycles. The van der Waals surface area contributed by atoms with Gasteiger partial charge in [0.1, 0.15) is 11.5 Å². The van der Waals surface area contributed by atoms with Gasteiger partial charge in [-0.05, 0) is 80.7 Å². The maximum Gasteiger partial charge on any atom is 0.123 e. The molecule has 214 valence electrons. The summed E-state index contributed by atoms with van der Waals surface area (Å²) in [6, 6.07) is 8.88. The summed E-state index contributed by atoms with van der Waals surface area (Å²) in [7, 11) is 3.95. The van der Waals surface area contributed by atoms with E-state index in [0.29, 0.717) is 11.5 Å². The molecule has 0 saturated heterocycles. The van der Waals surface area contributed by atoms with Crippen molar-refractivity contribution in [1.82, 2.24) is 0 Å². The van der Waals surface area contributed by atoms with Crippen LogP contribution in [0.15, 0.2) is 24.3 Å². The summed E-state index contributed by atoms with van der Waals surface area (Å²) in [6.07, 6.45) is 4.35. The van der Waals surface area contributed by atoms with Gasteiger partial charge in [0.15, 0.2) is 0 Å². The Hall–Kier alpha value is -1.26. The molecule has 38 heavy (non-hydrogen) atoms. The lowest BCUT2D eigenvalue weighted by Gasteiger charge is -2.28. The summed E-state index contributed by atoms with van der Waals surface area (Å²) in [5.41, 5.74) is 6.57. The Morgan fingerprint density at radius 1 is 0.474 bits per heavy atom. The van der Waals surface area contributed by atoms with Gasteiger partial charge in [0, 0.05) is 11.5 Å². The number of benzene rings is 2. The minimum atomic E-state index is -0.0799. The molecule has 2 N–H and O–H groups in total. The van der Waals surface area contributed by atoms with E-state index in [1.54, 1.807) is 0 Å². The quantitative estimate of drug-likeness (QED) is 0.237. The molecule has 2 nitrogen and oxygen atoms in total. The van der Waals surface area contributed by atoms with E-state index in [9.17, 15) is 10.2 Å². The predicted octanol–water partition coefficient (Wildman–Crippen LogP) is 10.2. The molecule has 0 spiro atoms. The average molecular weight is 559 g/mol. The predicted molar refractivity (Wildman–Crippen MR) is 173 cm³/mol. The number of aromatic hydroxyl groups is 2. The van der Waals surface area contributed by atoms with Crippen molar-refractivity contribution < 1.29 is 10.2 Å². The molecule has 2 aromatic rings. The lowest BCUT2D eigenvalue weighted by Crippen LogP contribution is -2.18. The third-order valence-electron chi connectivity index (χ3n) is 7.04. The van der Waals surface area contributed by atoms with Gasteiger partial charge in [0.25, 0.3) is 0 Å². The monoisotopic (exact) mass is 558 g/mol. The summed E-state index contributed by atoms with van der Waals surface area (Å²) in [5.74, 6) is 3.19. The van der Waals surface area contributed by atoms with E-state index in [2.05, 4.69) is 107 Å². The minimum Gasteiger partial charge on any atom is -0.507 e. The lowest BCUT2D eigenvalue weighted by molar-refractivity contribution is 0.421. The number of hydrogen-bond donors (Lipinski definition) is 2. The van der Waals surface area contributed by atoms with Gasteiger partial charge in [0.05, 0.1) is 0 Å². The first-order valence-corrected chi connectivity index (χ1v) is 16.7. The zero-order chi connectivity index (χ0) is 29.1. The Morgan fingerprint density at radius 2 is 0.711 bits per heavy atom. The van der Waals surface area contributed by atoms with Crippen LogP contribution in [0.4, 0.5) is 0 Å². The lowest BCUT2D eigenvalue weighted by atomic mass is 9.78. The zero-order valence-electron chi connectivity index (χ0n) is 26.3. The van der Waals surface area contributed by atoms with Crippen LogP contribution in [0, 0.1) is 0 Å². The second-order valence-corrected chi connectivity index (χ2v) is 17.6. The second kappa shape index (κ2) is 12.5. The van der Waals surface area contributed by atoms with Crippen molar-refractivity contribution in [2.45, 2.75) is 130 Å². The Bertz CT molecular complexity index is 916. The van der Waals surface area contributed by atoms with Crippen molar-refractivity contribution in [2.24, 2.45) is 0 Å². The number of phenolic OH excluding ortho intramolecular Hbond substituents is 2. The second-order valence-electron chi connectivity index (χ2n) is 14.9. The zero-order valence-corrected chi connectivity index (χ0v) is 27.9. The number of aryl methyl sites for hydroxylation is 2. The van der Waals surface area contributed by atoms with E-state index < -0.39 is 0 Å². The fourth-order valence-electron chi connectivity index (χ4n) is 4.75. The van der Waals surface area contributed by atoms with E-state index >= 15 is 0 Å². The average Bonchev–Trinajstić information content (AvgIpc) is 2.74. The van der Waals surface area contributed by atoms with Gasteiger partial charge >= 0.3 is 0 Å². The molecule has 0 aliphatic carbocycles. The van der Waals surface area contributed by atoms with Gasteiger partial charge in [-0.25, -0.2) is 0 Å². The molecule has 2 aromatic carbocycles. The Labute approximate surface area is 242 Å². The van der Waals surface area contributed by atoms with Gasteiger partial charge in [-0.3, -0.25) is 0 Å². The smallest absolute Gasteiger partial charge is 0.123 e. The molecule has 2 rings (SSSR count). The normalized spacial score (nSPS) is 13.3. The molecule has 0 fully saturated rings.